The second-order valence-corrected chi connectivity index (χ2v) is 7.93. The van der Waals surface area contributed by atoms with Gasteiger partial charge in [-0.05, 0) is 29.3 Å². The zero-order valence-corrected chi connectivity index (χ0v) is 16.2. The van der Waals surface area contributed by atoms with Crippen molar-refractivity contribution in [1.82, 2.24) is 15.2 Å². The van der Waals surface area contributed by atoms with Crippen molar-refractivity contribution >= 4 is 23.4 Å². The van der Waals surface area contributed by atoms with E-state index in [4.69, 9.17) is 16.3 Å². The summed E-state index contributed by atoms with van der Waals surface area (Å²) in [6, 6.07) is 11.1. The largest absolute Gasteiger partial charge is 0.380 e. The topological polar surface area (TPSA) is 71.5 Å². The van der Waals surface area contributed by atoms with Crippen LogP contribution in [0.1, 0.15) is 11.1 Å². The van der Waals surface area contributed by atoms with E-state index in [-0.39, 0.29) is 17.7 Å². The van der Waals surface area contributed by atoms with Crippen LogP contribution in [0.25, 0.3) is 0 Å². The maximum absolute atomic E-state index is 13.1. The van der Waals surface area contributed by atoms with Gasteiger partial charge in [0.25, 0.3) is 0 Å². The summed E-state index contributed by atoms with van der Waals surface area (Å²) in [5.74, 6) is -0.0271. The first-order valence-corrected chi connectivity index (χ1v) is 9.72. The van der Waals surface area contributed by atoms with Crippen LogP contribution < -0.4 is 5.32 Å². The van der Waals surface area contributed by atoms with Crippen LogP contribution in [0, 0.1) is 11.3 Å². The van der Waals surface area contributed by atoms with Gasteiger partial charge < -0.3 is 15.0 Å². The van der Waals surface area contributed by atoms with Crippen LogP contribution in [0.2, 0.25) is 5.02 Å². The van der Waals surface area contributed by atoms with Crippen LogP contribution in [0.3, 0.4) is 0 Å². The molecule has 0 bridgehead atoms. The van der Waals surface area contributed by atoms with Crippen molar-refractivity contribution in [3.05, 3.63) is 64.9 Å². The maximum Gasteiger partial charge on any atom is 0.231 e. The highest BCUT2D eigenvalue weighted by atomic mass is 35.5. The molecule has 28 heavy (non-hydrogen) atoms. The number of hydrogen-bond donors (Lipinski definition) is 1. The first kappa shape index (κ1) is 18.9. The molecule has 2 aliphatic rings. The van der Waals surface area contributed by atoms with Gasteiger partial charge in [-0.1, -0.05) is 29.8 Å². The first-order valence-electron chi connectivity index (χ1n) is 9.34. The van der Waals surface area contributed by atoms with E-state index in [9.17, 15) is 9.59 Å². The molecule has 4 rings (SSSR count). The fourth-order valence-corrected chi connectivity index (χ4v) is 4.25. The van der Waals surface area contributed by atoms with E-state index in [1.54, 1.807) is 23.4 Å². The van der Waals surface area contributed by atoms with Gasteiger partial charge in [0, 0.05) is 43.0 Å². The molecule has 3 heterocycles. The summed E-state index contributed by atoms with van der Waals surface area (Å²) in [5, 5.41) is 3.65. The van der Waals surface area contributed by atoms with Crippen molar-refractivity contribution < 1.29 is 14.3 Å². The monoisotopic (exact) mass is 399 g/mol. The third-order valence-corrected chi connectivity index (χ3v) is 5.83. The molecular formula is C21H22ClN3O3. The zero-order valence-electron chi connectivity index (χ0n) is 15.4. The summed E-state index contributed by atoms with van der Waals surface area (Å²) in [6.07, 6.45) is 3.68. The van der Waals surface area contributed by atoms with Gasteiger partial charge in [0.1, 0.15) is 0 Å². The number of aromatic nitrogens is 1. The number of ether oxygens (including phenoxy) is 1. The number of nitrogens with zero attached hydrogens (tertiary/aromatic N) is 2. The molecule has 6 nitrogen and oxygen atoms in total. The highest BCUT2D eigenvalue weighted by Gasteiger charge is 2.56. The van der Waals surface area contributed by atoms with Crippen molar-refractivity contribution in [2.24, 2.45) is 11.3 Å². The Balaban J connectivity index is 1.42. The predicted octanol–water partition coefficient (Wildman–Crippen LogP) is 2.07. The highest BCUT2D eigenvalue weighted by Crippen LogP contribution is 2.41. The van der Waals surface area contributed by atoms with Crippen LogP contribution in [0.15, 0.2) is 48.8 Å². The van der Waals surface area contributed by atoms with Crippen molar-refractivity contribution in [1.29, 1.82) is 0 Å². The van der Waals surface area contributed by atoms with Gasteiger partial charge in [0.05, 0.1) is 25.0 Å². The van der Waals surface area contributed by atoms with Crippen molar-refractivity contribution in [3.63, 3.8) is 0 Å². The van der Waals surface area contributed by atoms with Crippen LogP contribution in [0.5, 0.6) is 0 Å². The molecular weight excluding hydrogens is 378 g/mol. The van der Waals surface area contributed by atoms with Gasteiger partial charge in [-0.3, -0.25) is 14.6 Å². The van der Waals surface area contributed by atoms with Crippen molar-refractivity contribution in [2.75, 3.05) is 26.3 Å². The molecule has 2 saturated heterocycles. The number of amides is 2. The number of rotatable bonds is 5. The fraction of sp³-hybridized carbons (Fsp3) is 0.381. The Morgan fingerprint density at radius 2 is 2.14 bits per heavy atom. The lowest BCUT2D eigenvalue weighted by molar-refractivity contribution is -0.134. The van der Waals surface area contributed by atoms with Gasteiger partial charge in [-0.2, -0.15) is 0 Å². The van der Waals surface area contributed by atoms with Crippen LogP contribution in [-0.2, 0) is 27.3 Å². The number of fused-ring (bicyclic) bond motifs is 1. The van der Waals surface area contributed by atoms with E-state index < -0.39 is 5.41 Å². The number of carbonyl (C=O) groups excluding carboxylic acids is 2. The lowest BCUT2D eigenvalue weighted by Gasteiger charge is -2.26. The van der Waals surface area contributed by atoms with Crippen LogP contribution in [-0.4, -0.2) is 48.0 Å². The average molecular weight is 400 g/mol. The molecule has 0 spiro atoms. The minimum absolute atomic E-state index is 0.0180. The Morgan fingerprint density at radius 3 is 2.93 bits per heavy atom. The Hall–Kier alpha value is -2.44. The third-order valence-electron chi connectivity index (χ3n) is 5.60. The highest BCUT2D eigenvalue weighted by molar-refractivity contribution is 6.30. The van der Waals surface area contributed by atoms with Gasteiger partial charge in [0.15, 0.2) is 0 Å². The quantitative estimate of drug-likeness (QED) is 0.835. The summed E-state index contributed by atoms with van der Waals surface area (Å²) < 4.78 is 5.62. The number of pyridine rings is 1. The Kier molecular flexibility index (Phi) is 5.33. The Bertz CT molecular complexity index is 876. The Morgan fingerprint density at radius 1 is 1.29 bits per heavy atom. The minimum Gasteiger partial charge on any atom is -0.380 e. The van der Waals surface area contributed by atoms with Gasteiger partial charge in [0.2, 0.25) is 11.8 Å². The van der Waals surface area contributed by atoms with Crippen LogP contribution in [0.4, 0.5) is 0 Å². The number of halogens is 1. The number of benzene rings is 1. The van der Waals surface area contributed by atoms with Gasteiger partial charge in [-0.25, -0.2) is 0 Å². The molecule has 1 N–H and O–H groups in total. The van der Waals surface area contributed by atoms with E-state index in [0.29, 0.717) is 44.3 Å². The lowest BCUT2D eigenvalue weighted by Crippen LogP contribution is -2.46. The van der Waals surface area contributed by atoms with Gasteiger partial charge >= 0.3 is 0 Å². The molecule has 1 aromatic carbocycles. The lowest BCUT2D eigenvalue weighted by atomic mass is 9.80. The van der Waals surface area contributed by atoms with E-state index >= 15 is 0 Å². The van der Waals surface area contributed by atoms with E-state index in [2.05, 4.69) is 10.3 Å². The fourth-order valence-electron chi connectivity index (χ4n) is 4.04. The normalized spacial score (nSPS) is 23.5. The van der Waals surface area contributed by atoms with Crippen molar-refractivity contribution in [3.8, 4) is 0 Å². The van der Waals surface area contributed by atoms with Crippen LogP contribution >= 0.6 is 11.6 Å². The third kappa shape index (κ3) is 3.75. The van der Waals surface area contributed by atoms with E-state index in [0.717, 1.165) is 11.1 Å². The molecule has 146 valence electrons. The average Bonchev–Trinajstić information content (AvgIpc) is 3.25. The first-order chi connectivity index (χ1) is 13.6. The number of likely N-dealkylation sites (tertiary alicyclic amines) is 1. The summed E-state index contributed by atoms with van der Waals surface area (Å²) in [7, 11) is 0. The number of hydrogen-bond acceptors (Lipinski definition) is 4. The molecule has 2 fully saturated rings. The molecule has 1 aromatic heterocycles. The molecule has 0 unspecified atom stereocenters. The van der Waals surface area contributed by atoms with E-state index in [1.807, 2.05) is 30.3 Å². The second kappa shape index (κ2) is 7.89. The Labute approximate surface area is 168 Å². The summed E-state index contributed by atoms with van der Waals surface area (Å²) in [5.41, 5.74) is 1.14. The molecule has 7 heteroatoms. The predicted molar refractivity (Wildman–Crippen MR) is 105 cm³/mol. The summed E-state index contributed by atoms with van der Waals surface area (Å²) >= 11 is 6.01. The van der Waals surface area contributed by atoms with E-state index in [1.165, 1.54) is 0 Å². The molecule has 2 aliphatic heterocycles. The molecule has 0 radical (unpaired) electrons. The zero-order chi connectivity index (χ0) is 19.6. The smallest absolute Gasteiger partial charge is 0.231 e. The summed E-state index contributed by atoms with van der Waals surface area (Å²) in [6.45, 7) is 2.18. The maximum atomic E-state index is 13.1. The number of carbonyl (C=O) groups is 2. The second-order valence-electron chi connectivity index (χ2n) is 7.49. The number of nitrogens with one attached hydrogen (secondary N) is 1. The molecule has 2 aromatic rings. The molecule has 2 atom stereocenters. The summed E-state index contributed by atoms with van der Waals surface area (Å²) in [4.78, 5) is 31.6. The van der Waals surface area contributed by atoms with Gasteiger partial charge in [-0.15, -0.1) is 0 Å². The van der Waals surface area contributed by atoms with Crippen molar-refractivity contribution in [2.45, 2.75) is 13.0 Å². The molecule has 2 amide bonds. The molecule has 0 saturated carbocycles. The molecule has 0 aliphatic carbocycles. The minimum atomic E-state index is -0.677. The standard InChI is InChI=1S/C21H22ClN3O3/c22-18-5-1-3-15(7-18)10-24-20(27)21-13-25(11-17(21)12-28-14-21)19(26)8-16-4-2-6-23-9-16/h1-7,9,17H,8,10-14H2,(H,24,27)/t17-,21-/m1/s1. The SMILES string of the molecule is O=C(Cc1cccnc1)N1C[C@@H]2COC[C@]2(C(=O)NCc2cccc(Cl)c2)C1.